The van der Waals surface area contributed by atoms with Crippen molar-refractivity contribution in [3.05, 3.63) is 52.5 Å². The van der Waals surface area contributed by atoms with Crippen LogP contribution in [0.3, 0.4) is 0 Å². The maximum absolute atomic E-state index is 12.2. The molecule has 8 heteroatoms. The van der Waals surface area contributed by atoms with Crippen LogP contribution in [-0.4, -0.2) is 32.7 Å². The van der Waals surface area contributed by atoms with Gasteiger partial charge in [0.1, 0.15) is 11.6 Å². The predicted octanol–water partition coefficient (Wildman–Crippen LogP) is 3.02. The Morgan fingerprint density at radius 2 is 1.96 bits per heavy atom. The van der Waals surface area contributed by atoms with E-state index in [1.54, 1.807) is 12.1 Å². The van der Waals surface area contributed by atoms with Gasteiger partial charge < -0.3 is 19.5 Å². The van der Waals surface area contributed by atoms with Gasteiger partial charge in [0.25, 0.3) is 5.91 Å². The van der Waals surface area contributed by atoms with Crippen molar-refractivity contribution in [1.82, 2.24) is 0 Å². The van der Waals surface area contributed by atoms with E-state index in [-0.39, 0.29) is 22.6 Å². The summed E-state index contributed by atoms with van der Waals surface area (Å²) in [5.41, 5.74) is 0.601. The van der Waals surface area contributed by atoms with Crippen LogP contribution in [-0.2, 0) is 9.53 Å². The van der Waals surface area contributed by atoms with Gasteiger partial charge in [-0.3, -0.25) is 4.79 Å². The summed E-state index contributed by atoms with van der Waals surface area (Å²) in [7, 11) is 2.84. The topological polar surface area (TPSA) is 97.6 Å². The van der Waals surface area contributed by atoms with E-state index in [4.69, 9.17) is 31.1 Å². The molecule has 0 bridgehead atoms. The molecule has 7 nitrogen and oxygen atoms in total. The van der Waals surface area contributed by atoms with E-state index < -0.39 is 18.5 Å². The fraction of sp³-hybridized carbons (Fsp3) is 0.167. The number of esters is 1. The fourth-order valence-electron chi connectivity index (χ4n) is 2.16. The molecule has 0 heterocycles. The van der Waals surface area contributed by atoms with Crippen LogP contribution in [0, 0.1) is 11.3 Å². The second-order valence-electron chi connectivity index (χ2n) is 4.97. The quantitative estimate of drug-likeness (QED) is 0.780. The van der Waals surface area contributed by atoms with Gasteiger partial charge in [0, 0.05) is 5.02 Å². The number of hydrogen-bond acceptors (Lipinski definition) is 6. The van der Waals surface area contributed by atoms with Crippen molar-refractivity contribution in [3.63, 3.8) is 0 Å². The first-order valence-corrected chi connectivity index (χ1v) is 7.75. The van der Waals surface area contributed by atoms with Gasteiger partial charge in [0.15, 0.2) is 18.1 Å². The Bertz CT molecular complexity index is 876. The minimum Gasteiger partial charge on any atom is -0.493 e. The largest absolute Gasteiger partial charge is 0.493 e. The molecule has 0 atom stereocenters. The number of nitriles is 1. The number of anilines is 1. The molecule has 0 saturated heterocycles. The molecule has 134 valence electrons. The zero-order valence-electron chi connectivity index (χ0n) is 14.0. The summed E-state index contributed by atoms with van der Waals surface area (Å²) in [6.45, 7) is -0.545. The average molecular weight is 375 g/mol. The lowest BCUT2D eigenvalue weighted by Crippen LogP contribution is -2.21. The fourth-order valence-corrected chi connectivity index (χ4v) is 2.33. The van der Waals surface area contributed by atoms with E-state index in [0.29, 0.717) is 10.8 Å². The van der Waals surface area contributed by atoms with E-state index in [2.05, 4.69) is 5.32 Å². The van der Waals surface area contributed by atoms with Crippen LogP contribution in [0.1, 0.15) is 15.9 Å². The molecule has 0 radical (unpaired) electrons. The maximum atomic E-state index is 12.2. The number of nitrogens with zero attached hydrogens (tertiary/aromatic N) is 1. The zero-order valence-corrected chi connectivity index (χ0v) is 14.8. The number of ether oxygens (including phenoxy) is 3. The van der Waals surface area contributed by atoms with Crippen LogP contribution >= 0.6 is 11.6 Å². The molecular formula is C18H15ClN2O5. The minimum atomic E-state index is -0.748. The zero-order chi connectivity index (χ0) is 19.1. The Labute approximate surface area is 155 Å². The van der Waals surface area contributed by atoms with Crippen LogP contribution in [0.15, 0.2) is 36.4 Å². The molecule has 0 aliphatic carbocycles. The van der Waals surface area contributed by atoms with E-state index in [1.165, 1.54) is 38.5 Å². The Balaban J connectivity index is 2.05. The van der Waals surface area contributed by atoms with Gasteiger partial charge in [0.2, 0.25) is 0 Å². The second-order valence-corrected chi connectivity index (χ2v) is 5.40. The third-order valence-electron chi connectivity index (χ3n) is 3.33. The number of methoxy groups -OCH3 is 2. The Morgan fingerprint density at radius 3 is 2.62 bits per heavy atom. The normalized spacial score (nSPS) is 9.77. The third kappa shape index (κ3) is 4.43. The summed E-state index contributed by atoms with van der Waals surface area (Å²) in [5.74, 6) is -0.785. The summed E-state index contributed by atoms with van der Waals surface area (Å²) >= 11 is 5.85. The first kappa shape index (κ1) is 19.1. The summed E-state index contributed by atoms with van der Waals surface area (Å²) in [4.78, 5) is 24.2. The SMILES string of the molecule is COc1cccc(C(=O)OCC(=O)Nc2cc(Cl)ccc2C#N)c1OC. The van der Waals surface area contributed by atoms with Crippen molar-refractivity contribution in [2.45, 2.75) is 0 Å². The lowest BCUT2D eigenvalue weighted by Gasteiger charge is -2.12. The summed E-state index contributed by atoms with van der Waals surface area (Å²) in [6, 6.07) is 11.1. The molecule has 2 aromatic rings. The molecule has 2 rings (SSSR count). The van der Waals surface area contributed by atoms with Gasteiger partial charge in [-0.2, -0.15) is 5.26 Å². The number of para-hydroxylation sites is 1. The molecule has 0 fully saturated rings. The van der Waals surface area contributed by atoms with E-state index in [9.17, 15) is 9.59 Å². The lowest BCUT2D eigenvalue weighted by atomic mass is 10.2. The highest BCUT2D eigenvalue weighted by molar-refractivity contribution is 6.31. The predicted molar refractivity (Wildman–Crippen MR) is 94.6 cm³/mol. The average Bonchev–Trinajstić information content (AvgIpc) is 2.65. The van der Waals surface area contributed by atoms with Crippen molar-refractivity contribution >= 4 is 29.2 Å². The molecule has 0 aliphatic rings. The number of carbonyl (C=O) groups excluding carboxylic acids is 2. The first-order chi connectivity index (χ1) is 12.5. The smallest absolute Gasteiger partial charge is 0.342 e. The van der Waals surface area contributed by atoms with Gasteiger partial charge in [0.05, 0.1) is 25.5 Å². The van der Waals surface area contributed by atoms with Crippen molar-refractivity contribution in [2.24, 2.45) is 0 Å². The van der Waals surface area contributed by atoms with Crippen LogP contribution in [0.25, 0.3) is 0 Å². The molecule has 0 saturated carbocycles. The van der Waals surface area contributed by atoms with Crippen molar-refractivity contribution in [1.29, 1.82) is 5.26 Å². The molecule has 0 unspecified atom stereocenters. The van der Waals surface area contributed by atoms with E-state index >= 15 is 0 Å². The van der Waals surface area contributed by atoms with Gasteiger partial charge in [-0.25, -0.2) is 4.79 Å². The Kier molecular flexibility index (Phi) is 6.42. The summed E-state index contributed by atoms with van der Waals surface area (Å²) in [5, 5.41) is 11.9. The molecular weight excluding hydrogens is 360 g/mol. The number of rotatable bonds is 6. The Morgan fingerprint density at radius 1 is 1.19 bits per heavy atom. The molecule has 0 aliphatic heterocycles. The molecule has 2 aromatic carbocycles. The van der Waals surface area contributed by atoms with Crippen LogP contribution in [0.4, 0.5) is 5.69 Å². The summed E-state index contributed by atoms with van der Waals surface area (Å²) < 4.78 is 15.3. The van der Waals surface area contributed by atoms with Gasteiger partial charge >= 0.3 is 5.97 Å². The van der Waals surface area contributed by atoms with E-state index in [1.807, 2.05) is 6.07 Å². The van der Waals surface area contributed by atoms with Crippen LogP contribution in [0.2, 0.25) is 5.02 Å². The standard InChI is InChI=1S/C18H15ClN2O5/c1-24-15-5-3-4-13(17(15)25-2)18(23)26-10-16(22)21-14-8-12(19)7-6-11(14)9-20/h3-8H,10H2,1-2H3,(H,21,22). The number of hydrogen-bond donors (Lipinski definition) is 1. The van der Waals surface area contributed by atoms with Crippen LogP contribution < -0.4 is 14.8 Å². The number of benzene rings is 2. The first-order valence-electron chi connectivity index (χ1n) is 7.37. The molecule has 1 N–H and O–H groups in total. The van der Waals surface area contributed by atoms with Gasteiger partial charge in [-0.15, -0.1) is 0 Å². The molecule has 26 heavy (non-hydrogen) atoms. The third-order valence-corrected chi connectivity index (χ3v) is 3.57. The Hall–Kier alpha value is -3.24. The number of halogens is 1. The monoisotopic (exact) mass is 374 g/mol. The molecule has 0 spiro atoms. The summed E-state index contributed by atoms with van der Waals surface area (Å²) in [6.07, 6.45) is 0. The highest BCUT2D eigenvalue weighted by atomic mass is 35.5. The maximum Gasteiger partial charge on any atom is 0.342 e. The van der Waals surface area contributed by atoms with Crippen molar-refractivity contribution < 1.29 is 23.8 Å². The van der Waals surface area contributed by atoms with E-state index in [0.717, 1.165) is 0 Å². The molecule has 0 aromatic heterocycles. The molecule has 1 amide bonds. The van der Waals surface area contributed by atoms with Crippen molar-refractivity contribution in [3.8, 4) is 17.6 Å². The lowest BCUT2D eigenvalue weighted by molar-refractivity contribution is -0.119. The number of nitrogens with one attached hydrogen (secondary N) is 1. The highest BCUT2D eigenvalue weighted by Gasteiger charge is 2.19. The number of carbonyl (C=O) groups is 2. The van der Waals surface area contributed by atoms with Crippen LogP contribution in [0.5, 0.6) is 11.5 Å². The van der Waals surface area contributed by atoms with Gasteiger partial charge in [-0.05, 0) is 30.3 Å². The second kappa shape index (κ2) is 8.74. The van der Waals surface area contributed by atoms with Gasteiger partial charge in [-0.1, -0.05) is 17.7 Å². The van der Waals surface area contributed by atoms with Crippen molar-refractivity contribution in [2.75, 3.05) is 26.1 Å². The minimum absolute atomic E-state index is 0.125. The highest BCUT2D eigenvalue weighted by Crippen LogP contribution is 2.31. The number of amides is 1.